The molecule has 0 radical (unpaired) electrons. The van der Waals surface area contributed by atoms with Crippen LogP contribution in [-0.2, 0) is 21.8 Å². The molecule has 1 unspecified atom stereocenters. The maximum absolute atomic E-state index is 13.0. The van der Waals surface area contributed by atoms with Gasteiger partial charge in [0, 0.05) is 52.3 Å². The molecule has 49 heavy (non-hydrogen) atoms. The Morgan fingerprint density at radius 1 is 0.959 bits per heavy atom. The Kier molecular flexibility index (Phi) is 8.59. The number of benzene rings is 3. The molecule has 256 valence electrons. The van der Waals surface area contributed by atoms with Gasteiger partial charge in [-0.05, 0) is 73.9 Å². The fraction of sp³-hybridized carbons (Fsp3) is 0.371. The Morgan fingerprint density at radius 2 is 1.65 bits per heavy atom. The monoisotopic (exact) mass is 707 g/mol. The van der Waals surface area contributed by atoms with Gasteiger partial charge in [0.25, 0.3) is 0 Å². The second-order valence-corrected chi connectivity index (χ2v) is 12.8. The maximum atomic E-state index is 13.0. The average Bonchev–Trinajstić information content (AvgIpc) is 3.89. The van der Waals surface area contributed by atoms with Crippen LogP contribution in [0.3, 0.4) is 0 Å². The lowest BCUT2D eigenvalue weighted by molar-refractivity contribution is -0.190. The summed E-state index contributed by atoms with van der Waals surface area (Å²) in [6.45, 7) is 3.54. The van der Waals surface area contributed by atoms with E-state index >= 15 is 0 Å². The van der Waals surface area contributed by atoms with Gasteiger partial charge in [0.2, 0.25) is 5.79 Å². The van der Waals surface area contributed by atoms with Gasteiger partial charge in [-0.2, -0.15) is 10.2 Å². The molecule has 7 rings (SSSR count). The van der Waals surface area contributed by atoms with Crippen LogP contribution in [0.2, 0.25) is 10.0 Å². The maximum Gasteiger partial charge on any atom is 0.350 e. The number of ether oxygens (including phenoxy) is 3. The quantitative estimate of drug-likeness (QED) is 0.174. The van der Waals surface area contributed by atoms with Gasteiger partial charge in [-0.1, -0.05) is 36.2 Å². The Labute approximate surface area is 298 Å². The van der Waals surface area contributed by atoms with Gasteiger partial charge < -0.3 is 24.0 Å². The molecule has 0 aliphatic carbocycles. The number of aromatic nitrogens is 6. The van der Waals surface area contributed by atoms with Crippen LogP contribution >= 0.6 is 23.2 Å². The van der Waals surface area contributed by atoms with Crippen LogP contribution in [0.5, 0.6) is 5.75 Å². The minimum atomic E-state index is -2.32. The molecule has 14 heteroatoms. The molecule has 0 spiro atoms. The zero-order valence-electron chi connectivity index (χ0n) is 29.9. The largest absolute Gasteiger partial charge is 0.491 e. The fourth-order valence-electron chi connectivity index (χ4n) is 6.15. The van der Waals surface area contributed by atoms with E-state index in [4.69, 9.17) is 41.5 Å². The highest BCUT2D eigenvalue weighted by Crippen LogP contribution is 2.40. The third-order valence-electron chi connectivity index (χ3n) is 8.82. The third-order valence-corrected chi connectivity index (χ3v) is 9.37. The van der Waals surface area contributed by atoms with E-state index in [0.717, 1.165) is 48.0 Å². The number of hydrogen-bond donors (Lipinski definition) is 0. The van der Waals surface area contributed by atoms with Gasteiger partial charge in [-0.3, -0.25) is 0 Å². The highest BCUT2D eigenvalue weighted by molar-refractivity contribution is 6.35. The van der Waals surface area contributed by atoms with Crippen molar-refractivity contribution >= 4 is 34.6 Å². The Morgan fingerprint density at radius 3 is 2.29 bits per heavy atom. The highest BCUT2D eigenvalue weighted by atomic mass is 35.5. The minimum absolute atomic E-state index is 0.251. The van der Waals surface area contributed by atoms with Gasteiger partial charge in [0.05, 0.1) is 23.4 Å². The van der Waals surface area contributed by atoms with Crippen LogP contribution in [0.25, 0.3) is 5.69 Å². The second-order valence-electron chi connectivity index (χ2n) is 12.0. The molecule has 3 aromatic carbocycles. The van der Waals surface area contributed by atoms with Gasteiger partial charge in [0.15, 0.2) is 0 Å². The smallest absolute Gasteiger partial charge is 0.350 e. The lowest BCUT2D eigenvalue weighted by Gasteiger charge is -2.37. The lowest BCUT2D eigenvalue weighted by Crippen LogP contribution is -2.46. The van der Waals surface area contributed by atoms with Crippen LogP contribution in [-0.4, -0.2) is 74.6 Å². The van der Waals surface area contributed by atoms with Crippen molar-refractivity contribution < 1.29 is 18.3 Å². The summed E-state index contributed by atoms with van der Waals surface area (Å²) in [5, 5.41) is 9.28. The number of rotatable bonds is 11. The minimum Gasteiger partial charge on any atom is -0.491 e. The van der Waals surface area contributed by atoms with Crippen LogP contribution in [0, 0.1) is 0 Å². The van der Waals surface area contributed by atoms with Crippen molar-refractivity contribution in [1.29, 1.82) is 0 Å². The van der Waals surface area contributed by atoms with Crippen LogP contribution in [0.1, 0.15) is 35.9 Å². The number of anilines is 2. The fourth-order valence-corrected chi connectivity index (χ4v) is 6.70. The molecule has 0 saturated carbocycles. The molecule has 2 saturated heterocycles. The Balaban J connectivity index is 0.925. The molecule has 2 aromatic heterocycles. The van der Waals surface area contributed by atoms with Crippen molar-refractivity contribution in [2.75, 3.05) is 49.2 Å². The zero-order chi connectivity index (χ0) is 36.5. The summed E-state index contributed by atoms with van der Waals surface area (Å²) in [7, 11) is 0. The van der Waals surface area contributed by atoms with Crippen LogP contribution in [0.4, 0.5) is 11.4 Å². The molecule has 12 nitrogen and oxygen atoms in total. The normalized spacial score (nSPS) is 21.3. The summed E-state index contributed by atoms with van der Waals surface area (Å²) in [4.78, 5) is 21.7. The summed E-state index contributed by atoms with van der Waals surface area (Å²) in [6.07, 6.45) is 4.35. The number of hydrogen-bond acceptors (Lipinski definition) is 9. The first-order valence-electron chi connectivity index (χ1n) is 17.6. The molecule has 2 aliphatic heterocycles. The Bertz CT molecular complexity index is 2020. The molecular formula is C35H38Cl2N8O4. The van der Waals surface area contributed by atoms with E-state index in [0.29, 0.717) is 27.9 Å². The first-order valence-corrected chi connectivity index (χ1v) is 16.9. The SMILES string of the molecule is [2H]C([2H])([2H])C(CC)n1ncn(-c2ccc(N3CCN(c4ccc(OC[C@H]5CO[C@](Cn6cncn6)(c6ccc(Cl)cc6Cl)O5)cc4)CC3)cc2)c1=O. The van der Waals surface area contributed by atoms with E-state index in [9.17, 15) is 4.79 Å². The van der Waals surface area contributed by atoms with Gasteiger partial charge >= 0.3 is 5.69 Å². The topological polar surface area (TPSA) is 105 Å². The summed E-state index contributed by atoms with van der Waals surface area (Å²) < 4.78 is 46.2. The predicted octanol–water partition coefficient (Wildman–Crippen LogP) is 5.58. The second kappa shape index (κ2) is 14.2. The van der Waals surface area contributed by atoms with Gasteiger partial charge in [0.1, 0.15) is 44.0 Å². The number of halogens is 2. The molecule has 2 aliphatic rings. The van der Waals surface area contributed by atoms with Gasteiger partial charge in [-0.25, -0.2) is 23.7 Å². The molecular weight excluding hydrogens is 667 g/mol. The molecule has 2 fully saturated rings. The first kappa shape index (κ1) is 29.5. The average molecular weight is 709 g/mol. The van der Waals surface area contributed by atoms with Crippen molar-refractivity contribution in [3.05, 3.63) is 112 Å². The van der Waals surface area contributed by atoms with E-state index in [1.54, 1.807) is 36.1 Å². The Hall–Kier alpha value is -4.36. The van der Waals surface area contributed by atoms with Crippen LogP contribution < -0.4 is 20.2 Å². The van der Waals surface area contributed by atoms with E-state index in [2.05, 4.69) is 37.1 Å². The molecule has 0 amide bonds. The van der Waals surface area contributed by atoms with Crippen molar-refractivity contribution in [2.24, 2.45) is 0 Å². The van der Waals surface area contributed by atoms with E-state index in [1.807, 2.05) is 36.4 Å². The number of nitrogens with zero attached hydrogens (tertiary/aromatic N) is 8. The molecule has 4 heterocycles. The standard InChI is InChI=1S/C35H38Cl2N8O4/c1-3-25(2)45-34(46)44(24-40-45)29-7-5-27(6-8-29)41-14-16-42(17-15-41)28-9-11-30(12-10-28)47-19-31-20-48-35(49-31,21-43-23-38-22-39-43)32-13-4-26(36)18-33(32)37/h4-13,18,22-25,31H,3,14-17,19-21H2,1-2H3/t25?,31-,35-/m0/s1/i2D3. The van der Waals surface area contributed by atoms with Crippen molar-refractivity contribution in [3.63, 3.8) is 0 Å². The summed E-state index contributed by atoms with van der Waals surface area (Å²) in [5.74, 6) is -0.458. The molecule has 0 N–H and O–H groups in total. The third kappa shape index (κ3) is 7.04. The van der Waals surface area contributed by atoms with E-state index in [-0.39, 0.29) is 25.7 Å². The van der Waals surface area contributed by atoms with Crippen LogP contribution in [0.15, 0.2) is 90.5 Å². The summed E-state index contributed by atoms with van der Waals surface area (Å²) in [5.41, 5.74) is 2.96. The lowest BCUT2D eigenvalue weighted by atomic mass is 10.1. The highest BCUT2D eigenvalue weighted by Gasteiger charge is 2.45. The zero-order valence-corrected chi connectivity index (χ0v) is 28.4. The van der Waals surface area contributed by atoms with Gasteiger partial charge in [-0.15, -0.1) is 0 Å². The van der Waals surface area contributed by atoms with E-state index in [1.165, 1.54) is 17.2 Å². The van der Waals surface area contributed by atoms with Crippen molar-refractivity contribution in [1.82, 2.24) is 29.1 Å². The number of piperazine rings is 1. The predicted molar refractivity (Wildman–Crippen MR) is 188 cm³/mol. The molecule has 3 atom stereocenters. The molecule has 0 bridgehead atoms. The molecule has 5 aromatic rings. The first-order chi connectivity index (χ1) is 25.0. The summed E-state index contributed by atoms with van der Waals surface area (Å²) >= 11 is 12.7. The van der Waals surface area contributed by atoms with Crippen molar-refractivity contribution in [3.8, 4) is 11.4 Å². The summed E-state index contributed by atoms with van der Waals surface area (Å²) in [6, 6.07) is 19.9. The van der Waals surface area contributed by atoms with Crippen molar-refractivity contribution in [2.45, 2.75) is 44.7 Å². The van der Waals surface area contributed by atoms with E-state index < -0.39 is 24.4 Å².